The normalized spacial score (nSPS) is 11.1. The van der Waals surface area contributed by atoms with Gasteiger partial charge in [0, 0.05) is 31.8 Å². The Bertz CT molecular complexity index is 1120. The highest BCUT2D eigenvalue weighted by Gasteiger charge is 2.38. The summed E-state index contributed by atoms with van der Waals surface area (Å²) in [5.74, 6) is -1.63. The van der Waals surface area contributed by atoms with E-state index in [9.17, 15) is 24.0 Å². The molecular formula is C47H78O11. The molecule has 58 heavy (non-hydrogen) atoms. The van der Waals surface area contributed by atoms with Crippen LogP contribution in [0.4, 0.5) is 0 Å². The molecule has 0 unspecified atom stereocenters. The summed E-state index contributed by atoms with van der Waals surface area (Å²) < 4.78 is 27.7. The Morgan fingerprint density at radius 1 is 0.483 bits per heavy atom. The van der Waals surface area contributed by atoms with Crippen LogP contribution in [-0.2, 0) is 42.9 Å². The minimum Gasteiger partial charge on any atom is -0.497 e. The molecule has 0 aliphatic heterocycles. The van der Waals surface area contributed by atoms with Crippen LogP contribution in [0.3, 0.4) is 0 Å². The van der Waals surface area contributed by atoms with Crippen molar-refractivity contribution in [2.45, 2.75) is 182 Å². The fraction of sp³-hybridized carbons (Fsp3) is 0.723. The Labute approximate surface area is 350 Å². The Morgan fingerprint density at radius 3 is 1.03 bits per heavy atom. The van der Waals surface area contributed by atoms with Gasteiger partial charge in [-0.05, 0) is 49.5 Å². The van der Waals surface area contributed by atoms with Crippen molar-refractivity contribution < 1.29 is 52.8 Å². The van der Waals surface area contributed by atoms with Gasteiger partial charge in [-0.15, -0.1) is 0 Å². The zero-order valence-corrected chi connectivity index (χ0v) is 36.8. The molecule has 0 spiro atoms. The van der Waals surface area contributed by atoms with Crippen molar-refractivity contribution >= 4 is 35.9 Å². The number of rotatable bonds is 35. The smallest absolute Gasteiger partial charge is 0.328 e. The van der Waals surface area contributed by atoms with E-state index in [0.29, 0.717) is 0 Å². The van der Waals surface area contributed by atoms with E-state index in [1.165, 1.54) is 6.08 Å². The van der Waals surface area contributed by atoms with Gasteiger partial charge in [-0.25, -0.2) is 4.79 Å². The predicted molar refractivity (Wildman–Crippen MR) is 229 cm³/mol. The highest BCUT2D eigenvalue weighted by atomic mass is 16.6. The Hall–Kier alpha value is -3.89. The van der Waals surface area contributed by atoms with Crippen molar-refractivity contribution in [1.82, 2.24) is 0 Å². The molecule has 0 atom stereocenters. The molecule has 0 bridgehead atoms. The van der Waals surface area contributed by atoms with Gasteiger partial charge < -0.3 is 28.8 Å². The van der Waals surface area contributed by atoms with Crippen molar-refractivity contribution in [1.29, 1.82) is 0 Å². The first-order chi connectivity index (χ1) is 28.0. The van der Waals surface area contributed by atoms with Crippen molar-refractivity contribution in [2.24, 2.45) is 5.41 Å². The van der Waals surface area contributed by atoms with Gasteiger partial charge in [-0.1, -0.05) is 143 Å². The van der Waals surface area contributed by atoms with Crippen molar-refractivity contribution in [3.8, 4) is 5.75 Å². The summed E-state index contributed by atoms with van der Waals surface area (Å²) in [6.45, 7) is 7.90. The molecule has 1 N–H and O–H groups in total. The number of esters is 4. The highest BCUT2D eigenvalue weighted by molar-refractivity contribution is 5.85. The van der Waals surface area contributed by atoms with E-state index in [2.05, 4.69) is 27.7 Å². The minimum atomic E-state index is -1.18. The summed E-state index contributed by atoms with van der Waals surface area (Å²) in [5, 5.41) is 8.36. The second-order valence-electron chi connectivity index (χ2n) is 15.2. The number of unbranched alkanes of at least 4 members (excludes halogenated alkanes) is 16. The van der Waals surface area contributed by atoms with Gasteiger partial charge in [-0.2, -0.15) is 0 Å². The number of methoxy groups -OCH3 is 1. The molecule has 0 aliphatic rings. The predicted octanol–water partition coefficient (Wildman–Crippen LogP) is 11.4. The number of ether oxygens (including phenoxy) is 5. The molecule has 11 heteroatoms. The zero-order valence-electron chi connectivity index (χ0n) is 36.8. The van der Waals surface area contributed by atoms with Crippen LogP contribution in [0.25, 0.3) is 6.08 Å². The number of aliphatic carboxylic acids is 1. The number of benzene rings is 1. The van der Waals surface area contributed by atoms with Gasteiger partial charge in [0.15, 0.2) is 0 Å². The third-order valence-corrected chi connectivity index (χ3v) is 9.63. The third kappa shape index (κ3) is 32.1. The summed E-state index contributed by atoms with van der Waals surface area (Å²) in [5.41, 5.74) is -0.339. The van der Waals surface area contributed by atoms with Gasteiger partial charge in [0.25, 0.3) is 0 Å². The number of carboxylic acid groups (broad SMARTS) is 1. The van der Waals surface area contributed by atoms with Crippen LogP contribution in [-0.4, -0.2) is 68.5 Å². The molecule has 0 heterocycles. The fourth-order valence-electron chi connectivity index (χ4n) is 5.85. The van der Waals surface area contributed by atoms with Crippen LogP contribution in [0.15, 0.2) is 30.3 Å². The SMILES string of the molecule is CCCCCCCC(=O)OCC(COC(=O)CCCCCCC)(COC(=O)CCCCCCC)COC(=O)CCCCCCC.COc1ccc(C=CC(=O)O)cc1. The second kappa shape index (κ2) is 37.4. The van der Waals surface area contributed by atoms with Gasteiger partial charge >= 0.3 is 29.8 Å². The lowest BCUT2D eigenvalue weighted by Crippen LogP contribution is -2.44. The van der Waals surface area contributed by atoms with Crippen LogP contribution >= 0.6 is 0 Å². The molecule has 0 fully saturated rings. The molecule has 0 amide bonds. The van der Waals surface area contributed by atoms with Gasteiger partial charge in [0.1, 0.15) is 37.6 Å². The lowest BCUT2D eigenvalue weighted by atomic mass is 9.92. The first-order valence-corrected chi connectivity index (χ1v) is 22.2. The van der Waals surface area contributed by atoms with E-state index >= 15 is 0 Å². The largest absolute Gasteiger partial charge is 0.497 e. The molecule has 0 radical (unpaired) electrons. The van der Waals surface area contributed by atoms with Crippen molar-refractivity contribution in [3.63, 3.8) is 0 Å². The monoisotopic (exact) mass is 819 g/mol. The standard InChI is InChI=1S/C37H68O8.C10H10O3/c1-5-9-13-17-21-25-33(38)42-29-37(30-43-34(39)26-22-18-14-10-6-2,31-44-35(40)27-23-19-15-11-7-3)32-45-36(41)28-24-20-16-12-8-4;1-13-9-5-2-8(3-6-9)4-7-10(11)12/h5-32H2,1-4H3;2-7H,1H3,(H,11,12). The maximum atomic E-state index is 12.7. The van der Waals surface area contributed by atoms with E-state index in [0.717, 1.165) is 146 Å². The zero-order chi connectivity index (χ0) is 43.1. The van der Waals surface area contributed by atoms with Crippen LogP contribution in [0.5, 0.6) is 5.75 Å². The van der Waals surface area contributed by atoms with Crippen molar-refractivity contribution in [2.75, 3.05) is 33.5 Å². The average molecular weight is 819 g/mol. The summed E-state index contributed by atoms with van der Waals surface area (Å²) in [6.07, 6.45) is 23.9. The van der Waals surface area contributed by atoms with Gasteiger partial charge in [0.05, 0.1) is 7.11 Å². The Balaban J connectivity index is 0.00000209. The third-order valence-electron chi connectivity index (χ3n) is 9.63. The molecular weight excluding hydrogens is 741 g/mol. The lowest BCUT2D eigenvalue weighted by Gasteiger charge is -2.31. The maximum absolute atomic E-state index is 12.7. The molecule has 11 nitrogen and oxygen atoms in total. The molecule has 0 aromatic heterocycles. The highest BCUT2D eigenvalue weighted by Crippen LogP contribution is 2.24. The quantitative estimate of drug-likeness (QED) is 0.0301. The van der Waals surface area contributed by atoms with Crippen LogP contribution < -0.4 is 4.74 Å². The lowest BCUT2D eigenvalue weighted by molar-refractivity contribution is -0.170. The second-order valence-corrected chi connectivity index (χ2v) is 15.2. The van der Waals surface area contributed by atoms with Crippen LogP contribution in [0, 0.1) is 5.41 Å². The molecule has 0 aliphatic carbocycles. The van der Waals surface area contributed by atoms with E-state index in [1.54, 1.807) is 31.4 Å². The first-order valence-electron chi connectivity index (χ1n) is 22.2. The molecule has 1 aromatic carbocycles. The Kier molecular flexibility index (Phi) is 34.9. The summed E-state index contributed by atoms with van der Waals surface area (Å²) in [4.78, 5) is 60.9. The molecule has 1 aromatic rings. The number of carboxylic acids is 1. The van der Waals surface area contributed by atoms with Gasteiger partial charge in [-0.3, -0.25) is 19.2 Å². The van der Waals surface area contributed by atoms with E-state index < -0.39 is 11.4 Å². The molecule has 0 saturated carbocycles. The molecule has 1 rings (SSSR count). The van der Waals surface area contributed by atoms with Crippen molar-refractivity contribution in [3.05, 3.63) is 35.9 Å². The fourth-order valence-corrected chi connectivity index (χ4v) is 5.85. The van der Waals surface area contributed by atoms with Crippen LogP contribution in [0.1, 0.15) is 187 Å². The van der Waals surface area contributed by atoms with E-state index in [-0.39, 0.29) is 76.0 Å². The molecule has 0 saturated heterocycles. The number of carbonyl (C=O) groups is 5. The Morgan fingerprint density at radius 2 is 0.776 bits per heavy atom. The average Bonchev–Trinajstić information content (AvgIpc) is 3.22. The first kappa shape index (κ1) is 54.1. The maximum Gasteiger partial charge on any atom is 0.328 e. The number of carbonyl (C=O) groups excluding carboxylic acids is 4. The number of hydrogen-bond donors (Lipinski definition) is 1. The van der Waals surface area contributed by atoms with E-state index in [4.69, 9.17) is 28.8 Å². The van der Waals surface area contributed by atoms with E-state index in [1.807, 2.05) is 0 Å². The minimum absolute atomic E-state index is 0.169. The summed E-state index contributed by atoms with van der Waals surface area (Å²) >= 11 is 0. The van der Waals surface area contributed by atoms with Gasteiger partial charge in [0.2, 0.25) is 0 Å². The summed E-state index contributed by atoms with van der Waals surface area (Å²) in [7, 11) is 1.59. The topological polar surface area (TPSA) is 152 Å². The molecule has 332 valence electrons. The van der Waals surface area contributed by atoms with Crippen LogP contribution in [0.2, 0.25) is 0 Å². The number of hydrogen-bond acceptors (Lipinski definition) is 10. The summed E-state index contributed by atoms with van der Waals surface area (Å²) in [6, 6.07) is 7.14.